The van der Waals surface area contributed by atoms with Gasteiger partial charge in [-0.3, -0.25) is 4.79 Å². The minimum Gasteiger partial charge on any atom is -0.342 e. The van der Waals surface area contributed by atoms with Gasteiger partial charge >= 0.3 is 6.18 Å². The molecule has 2 fully saturated rings. The molecule has 0 aliphatic carbocycles. The van der Waals surface area contributed by atoms with Gasteiger partial charge in [-0.2, -0.15) is 13.2 Å². The van der Waals surface area contributed by atoms with E-state index >= 15 is 0 Å². The quantitative estimate of drug-likeness (QED) is 0.840. The number of halogens is 4. The van der Waals surface area contributed by atoms with E-state index in [-0.39, 0.29) is 18.3 Å². The number of nitrogens with zero attached hydrogens (tertiary/aromatic N) is 1. The molecule has 0 bridgehead atoms. The molecule has 106 valence electrons. The van der Waals surface area contributed by atoms with E-state index in [4.69, 9.17) is 0 Å². The first-order valence-electron chi connectivity index (χ1n) is 6.01. The monoisotopic (exact) mass is 286 g/mol. The molecule has 2 aliphatic heterocycles. The van der Waals surface area contributed by atoms with Crippen molar-refractivity contribution in [2.75, 3.05) is 26.2 Å². The average molecular weight is 287 g/mol. The van der Waals surface area contributed by atoms with E-state index in [1.165, 1.54) is 0 Å². The number of likely N-dealkylation sites (tertiary alicyclic amines) is 1. The fourth-order valence-electron chi connectivity index (χ4n) is 2.67. The molecule has 2 atom stereocenters. The zero-order valence-corrected chi connectivity index (χ0v) is 10.8. The number of hydrogen-bond donors (Lipinski definition) is 1. The SMILES string of the molecule is Cl.O=C(CCC(F)(F)F)N1CCC2CNCC2C1. The van der Waals surface area contributed by atoms with Crippen LogP contribution in [0.25, 0.3) is 0 Å². The van der Waals surface area contributed by atoms with E-state index in [9.17, 15) is 18.0 Å². The summed E-state index contributed by atoms with van der Waals surface area (Å²) in [6, 6.07) is 0. The van der Waals surface area contributed by atoms with Crippen LogP contribution in [0, 0.1) is 11.8 Å². The highest BCUT2D eigenvalue weighted by Gasteiger charge is 2.35. The lowest BCUT2D eigenvalue weighted by atomic mass is 9.88. The van der Waals surface area contributed by atoms with Crippen molar-refractivity contribution in [2.45, 2.75) is 25.4 Å². The standard InChI is InChI=1S/C11H17F3N2O.ClH/c12-11(13,14)3-1-10(17)16-4-2-8-5-15-6-9(8)7-16;/h8-9,15H,1-7H2;1H. The summed E-state index contributed by atoms with van der Waals surface area (Å²) in [5.41, 5.74) is 0. The van der Waals surface area contributed by atoms with Gasteiger partial charge in [0.05, 0.1) is 6.42 Å². The third-order valence-electron chi connectivity index (χ3n) is 3.68. The lowest BCUT2D eigenvalue weighted by Crippen LogP contribution is -2.43. The van der Waals surface area contributed by atoms with Crippen molar-refractivity contribution >= 4 is 18.3 Å². The molecule has 0 aromatic heterocycles. The van der Waals surface area contributed by atoms with Crippen LogP contribution in [0.4, 0.5) is 13.2 Å². The van der Waals surface area contributed by atoms with Gasteiger partial charge in [0, 0.05) is 19.5 Å². The van der Waals surface area contributed by atoms with Crippen molar-refractivity contribution in [1.82, 2.24) is 10.2 Å². The number of carbonyl (C=O) groups is 1. The van der Waals surface area contributed by atoms with Crippen LogP contribution in [0.1, 0.15) is 19.3 Å². The van der Waals surface area contributed by atoms with Crippen LogP contribution >= 0.6 is 12.4 Å². The normalized spacial score (nSPS) is 27.6. The Labute approximate surface area is 110 Å². The topological polar surface area (TPSA) is 32.3 Å². The Hall–Kier alpha value is -0.490. The smallest absolute Gasteiger partial charge is 0.342 e. The van der Waals surface area contributed by atoms with Gasteiger partial charge in [0.1, 0.15) is 0 Å². The summed E-state index contributed by atoms with van der Waals surface area (Å²) < 4.78 is 36.1. The third-order valence-corrected chi connectivity index (χ3v) is 3.68. The van der Waals surface area contributed by atoms with Crippen LogP contribution in [0.3, 0.4) is 0 Å². The minimum absolute atomic E-state index is 0. The van der Waals surface area contributed by atoms with Crippen LogP contribution < -0.4 is 5.32 Å². The fourth-order valence-corrected chi connectivity index (χ4v) is 2.67. The summed E-state index contributed by atoms with van der Waals surface area (Å²) >= 11 is 0. The molecule has 0 aromatic rings. The zero-order valence-electron chi connectivity index (χ0n) is 10.0. The molecule has 18 heavy (non-hydrogen) atoms. The molecular weight excluding hydrogens is 269 g/mol. The second-order valence-corrected chi connectivity index (χ2v) is 4.92. The first-order chi connectivity index (χ1) is 7.96. The van der Waals surface area contributed by atoms with Crippen LogP contribution in [-0.2, 0) is 4.79 Å². The summed E-state index contributed by atoms with van der Waals surface area (Å²) in [5, 5.41) is 3.26. The maximum atomic E-state index is 12.0. The highest BCUT2D eigenvalue weighted by molar-refractivity contribution is 5.85. The number of amides is 1. The molecule has 2 rings (SSSR count). The van der Waals surface area contributed by atoms with Crippen LogP contribution in [-0.4, -0.2) is 43.2 Å². The summed E-state index contributed by atoms with van der Waals surface area (Å²) in [5.74, 6) is 0.674. The second kappa shape index (κ2) is 6.10. The van der Waals surface area contributed by atoms with Gasteiger partial charge in [0.15, 0.2) is 0 Å². The Morgan fingerprint density at radius 3 is 2.61 bits per heavy atom. The molecule has 1 N–H and O–H groups in total. The van der Waals surface area contributed by atoms with E-state index in [1.54, 1.807) is 4.90 Å². The Kier molecular flexibility index (Phi) is 5.28. The van der Waals surface area contributed by atoms with Crippen LogP contribution in [0.15, 0.2) is 0 Å². The number of hydrogen-bond acceptors (Lipinski definition) is 2. The number of piperidine rings is 1. The van der Waals surface area contributed by atoms with Gasteiger partial charge in [-0.15, -0.1) is 12.4 Å². The number of alkyl halides is 3. The Balaban J connectivity index is 0.00000162. The summed E-state index contributed by atoms with van der Waals surface area (Å²) in [6.45, 7) is 3.09. The van der Waals surface area contributed by atoms with Crippen molar-refractivity contribution in [3.63, 3.8) is 0 Å². The first kappa shape index (κ1) is 15.6. The summed E-state index contributed by atoms with van der Waals surface area (Å²) in [4.78, 5) is 13.2. The molecule has 2 unspecified atom stereocenters. The maximum Gasteiger partial charge on any atom is 0.389 e. The predicted molar refractivity (Wildman–Crippen MR) is 63.6 cm³/mol. The van der Waals surface area contributed by atoms with E-state index in [1.807, 2.05) is 0 Å². The van der Waals surface area contributed by atoms with Gasteiger partial charge in [-0.25, -0.2) is 0 Å². The molecule has 7 heteroatoms. The van der Waals surface area contributed by atoms with Crippen LogP contribution in [0.2, 0.25) is 0 Å². The van der Waals surface area contributed by atoms with Gasteiger partial charge in [-0.1, -0.05) is 0 Å². The molecule has 2 aliphatic rings. The minimum atomic E-state index is -4.23. The van der Waals surface area contributed by atoms with E-state index < -0.39 is 19.0 Å². The Morgan fingerprint density at radius 2 is 1.94 bits per heavy atom. The van der Waals surface area contributed by atoms with Gasteiger partial charge in [0.25, 0.3) is 0 Å². The van der Waals surface area contributed by atoms with Crippen molar-refractivity contribution in [1.29, 1.82) is 0 Å². The maximum absolute atomic E-state index is 12.0. The van der Waals surface area contributed by atoms with Crippen LogP contribution in [0.5, 0.6) is 0 Å². The average Bonchev–Trinajstić information content (AvgIpc) is 2.71. The molecule has 2 heterocycles. The van der Waals surface area contributed by atoms with Crippen molar-refractivity contribution in [2.24, 2.45) is 11.8 Å². The molecule has 1 amide bonds. The third kappa shape index (κ3) is 4.02. The number of fused-ring (bicyclic) bond motifs is 1. The highest BCUT2D eigenvalue weighted by atomic mass is 35.5. The predicted octanol–water partition coefficient (Wildman–Crippen LogP) is 1.82. The molecule has 3 nitrogen and oxygen atoms in total. The molecule has 0 spiro atoms. The summed E-state index contributed by atoms with van der Waals surface area (Å²) in [6.07, 6.45) is -4.73. The molecule has 0 radical (unpaired) electrons. The second-order valence-electron chi connectivity index (χ2n) is 4.92. The van der Waals surface area contributed by atoms with E-state index in [0.29, 0.717) is 24.9 Å². The van der Waals surface area contributed by atoms with E-state index in [2.05, 4.69) is 5.32 Å². The molecule has 0 saturated carbocycles. The lowest BCUT2D eigenvalue weighted by molar-refractivity contribution is -0.150. The Morgan fingerprint density at radius 1 is 1.28 bits per heavy atom. The van der Waals surface area contributed by atoms with Gasteiger partial charge in [-0.05, 0) is 31.3 Å². The summed E-state index contributed by atoms with van der Waals surface area (Å²) in [7, 11) is 0. The number of rotatable bonds is 2. The highest BCUT2D eigenvalue weighted by Crippen LogP contribution is 2.28. The fraction of sp³-hybridized carbons (Fsp3) is 0.909. The van der Waals surface area contributed by atoms with Crippen molar-refractivity contribution in [3.05, 3.63) is 0 Å². The lowest BCUT2D eigenvalue weighted by Gasteiger charge is -2.34. The zero-order chi connectivity index (χ0) is 12.5. The van der Waals surface area contributed by atoms with Crippen molar-refractivity contribution in [3.8, 4) is 0 Å². The van der Waals surface area contributed by atoms with Gasteiger partial charge in [0.2, 0.25) is 5.91 Å². The Bertz CT molecular complexity index is 299. The largest absolute Gasteiger partial charge is 0.389 e. The molecule has 0 aromatic carbocycles. The van der Waals surface area contributed by atoms with Gasteiger partial charge < -0.3 is 10.2 Å². The first-order valence-corrected chi connectivity index (χ1v) is 6.01. The molecule has 2 saturated heterocycles. The van der Waals surface area contributed by atoms with Crippen molar-refractivity contribution < 1.29 is 18.0 Å². The number of nitrogens with one attached hydrogen (secondary N) is 1. The van der Waals surface area contributed by atoms with E-state index in [0.717, 1.165) is 19.5 Å². The number of carbonyl (C=O) groups excluding carboxylic acids is 1. The molecular formula is C11H18ClF3N2O.